The monoisotopic (exact) mass is 439 g/mol. The van der Waals surface area contributed by atoms with Gasteiger partial charge in [0.1, 0.15) is 0 Å². The van der Waals surface area contributed by atoms with Crippen molar-refractivity contribution in [2.45, 2.75) is 31.3 Å². The van der Waals surface area contributed by atoms with E-state index >= 15 is 0 Å². The number of allylic oxidation sites excluding steroid dienone is 4. The fourth-order valence-corrected chi connectivity index (χ4v) is 3.27. The normalized spacial score (nSPS) is 16.3. The summed E-state index contributed by atoms with van der Waals surface area (Å²) in [7, 11) is 0. The van der Waals surface area contributed by atoms with Gasteiger partial charge in [-0.05, 0) is 37.0 Å². The highest BCUT2D eigenvalue weighted by Gasteiger charge is 2.36. The zero-order valence-electron chi connectivity index (χ0n) is 16.2. The number of ether oxygens (including phenoxy) is 1. The average Bonchev–Trinajstić information content (AvgIpc) is 3.13. The van der Waals surface area contributed by atoms with Crippen LogP contribution in [-0.4, -0.2) is 34.2 Å². The Kier molecular flexibility index (Phi) is 6.87. The van der Waals surface area contributed by atoms with Gasteiger partial charge in [-0.1, -0.05) is 36.4 Å². The lowest BCUT2D eigenvalue weighted by Crippen LogP contribution is -2.31. The van der Waals surface area contributed by atoms with Gasteiger partial charge in [0.15, 0.2) is 12.3 Å². The minimum Gasteiger partial charge on any atom is -0.467 e. The van der Waals surface area contributed by atoms with Crippen LogP contribution < -0.4 is 10.1 Å². The van der Waals surface area contributed by atoms with Gasteiger partial charge < -0.3 is 10.1 Å². The summed E-state index contributed by atoms with van der Waals surface area (Å²) >= 11 is 6.22. The molecule has 3 rings (SSSR count). The van der Waals surface area contributed by atoms with Gasteiger partial charge in [0.2, 0.25) is 5.88 Å². The summed E-state index contributed by atoms with van der Waals surface area (Å²) < 4.78 is 45.8. The number of carbonyl (C=O) groups excluding carboxylic acids is 1. The van der Waals surface area contributed by atoms with Crippen LogP contribution in [0, 0.1) is 6.92 Å². The van der Waals surface area contributed by atoms with Crippen LogP contribution in [0.25, 0.3) is 5.70 Å². The highest BCUT2D eigenvalue weighted by atomic mass is 35.5. The lowest BCUT2D eigenvalue weighted by molar-refractivity contribution is -0.141. The van der Waals surface area contributed by atoms with Crippen LogP contribution in [0.1, 0.15) is 23.2 Å². The average molecular weight is 440 g/mol. The molecule has 1 N–H and O–H groups in total. The first-order valence-corrected chi connectivity index (χ1v) is 9.82. The highest BCUT2D eigenvalue weighted by Crippen LogP contribution is 2.34. The molecule has 1 aromatic heterocycles. The lowest BCUT2D eigenvalue weighted by atomic mass is 10.1. The first kappa shape index (κ1) is 22.0. The van der Waals surface area contributed by atoms with E-state index in [1.165, 1.54) is 0 Å². The van der Waals surface area contributed by atoms with Gasteiger partial charge in [-0.25, -0.2) is 4.68 Å². The lowest BCUT2D eigenvalue weighted by Gasteiger charge is -2.17. The molecule has 1 unspecified atom stereocenters. The molecule has 30 heavy (non-hydrogen) atoms. The van der Waals surface area contributed by atoms with E-state index in [-0.39, 0.29) is 5.88 Å². The van der Waals surface area contributed by atoms with Crippen molar-refractivity contribution in [3.63, 3.8) is 0 Å². The molecule has 1 amide bonds. The highest BCUT2D eigenvalue weighted by molar-refractivity contribution is 6.25. The fourth-order valence-electron chi connectivity index (χ4n) is 3.00. The van der Waals surface area contributed by atoms with Crippen molar-refractivity contribution in [2.75, 3.05) is 13.2 Å². The SMILES string of the molecule is Cc1ccccc1CCNC(=O)COc1cc(C(F)(F)F)nn1C1=CC=CCC1Cl. The Hall–Kier alpha value is -2.74. The van der Waals surface area contributed by atoms with Crippen molar-refractivity contribution in [1.29, 1.82) is 0 Å². The molecule has 0 radical (unpaired) electrons. The molecular weight excluding hydrogens is 419 g/mol. The van der Waals surface area contributed by atoms with E-state index in [4.69, 9.17) is 16.3 Å². The molecule has 1 atom stereocenters. The van der Waals surface area contributed by atoms with Gasteiger partial charge in [-0.3, -0.25) is 4.79 Å². The summed E-state index contributed by atoms with van der Waals surface area (Å²) in [5.74, 6) is -0.631. The molecule has 0 saturated heterocycles. The third-order valence-corrected chi connectivity index (χ3v) is 5.01. The number of carbonyl (C=O) groups is 1. The molecule has 0 bridgehead atoms. The molecule has 1 aromatic carbocycles. The zero-order valence-corrected chi connectivity index (χ0v) is 17.0. The zero-order chi connectivity index (χ0) is 21.7. The third kappa shape index (κ3) is 5.44. The second-order valence-electron chi connectivity index (χ2n) is 6.82. The minimum atomic E-state index is -4.65. The van der Waals surface area contributed by atoms with E-state index in [9.17, 15) is 18.0 Å². The van der Waals surface area contributed by atoms with E-state index in [2.05, 4.69) is 10.4 Å². The minimum absolute atomic E-state index is 0.191. The third-order valence-electron chi connectivity index (χ3n) is 4.61. The molecular formula is C21H21ClF3N3O2. The van der Waals surface area contributed by atoms with Crippen molar-refractivity contribution >= 4 is 23.2 Å². The number of halogens is 4. The molecule has 0 spiro atoms. The predicted molar refractivity (Wildman–Crippen MR) is 108 cm³/mol. The Morgan fingerprint density at radius 2 is 2.13 bits per heavy atom. The molecule has 0 aliphatic heterocycles. The molecule has 1 aliphatic rings. The molecule has 5 nitrogen and oxygen atoms in total. The molecule has 2 aromatic rings. The van der Waals surface area contributed by atoms with Crippen LogP contribution in [0.15, 0.2) is 48.6 Å². The fraction of sp³-hybridized carbons (Fsp3) is 0.333. The summed E-state index contributed by atoms with van der Waals surface area (Å²) in [6, 6.07) is 8.59. The van der Waals surface area contributed by atoms with Crippen LogP contribution in [0.5, 0.6) is 5.88 Å². The van der Waals surface area contributed by atoms with Crippen molar-refractivity contribution in [2.24, 2.45) is 0 Å². The Morgan fingerprint density at radius 3 is 2.83 bits per heavy atom. The van der Waals surface area contributed by atoms with Gasteiger partial charge in [0.05, 0.1) is 11.1 Å². The van der Waals surface area contributed by atoms with Crippen LogP contribution >= 0.6 is 11.6 Å². The van der Waals surface area contributed by atoms with Crippen LogP contribution in [-0.2, 0) is 17.4 Å². The Bertz CT molecular complexity index is 967. The number of rotatable bonds is 7. The number of aromatic nitrogens is 2. The Balaban J connectivity index is 1.64. The maximum Gasteiger partial charge on any atom is 0.435 e. The van der Waals surface area contributed by atoms with Crippen molar-refractivity contribution < 1.29 is 22.7 Å². The first-order valence-electron chi connectivity index (χ1n) is 9.38. The molecule has 160 valence electrons. The van der Waals surface area contributed by atoms with Gasteiger partial charge in [0.25, 0.3) is 5.91 Å². The summed E-state index contributed by atoms with van der Waals surface area (Å²) in [5, 5.41) is 5.74. The maximum absolute atomic E-state index is 13.1. The van der Waals surface area contributed by atoms with Crippen LogP contribution in [0.4, 0.5) is 13.2 Å². The number of hydrogen-bond donors (Lipinski definition) is 1. The first-order chi connectivity index (χ1) is 14.3. The van der Waals surface area contributed by atoms with E-state index in [1.807, 2.05) is 31.2 Å². The molecule has 1 aliphatic carbocycles. The summed E-state index contributed by atoms with van der Waals surface area (Å²) in [6.07, 6.45) is 1.51. The number of nitrogens with one attached hydrogen (secondary N) is 1. The number of aryl methyl sites for hydroxylation is 1. The number of alkyl halides is 4. The number of hydrogen-bond acceptors (Lipinski definition) is 3. The summed E-state index contributed by atoms with van der Waals surface area (Å²) in [4.78, 5) is 12.1. The Morgan fingerprint density at radius 1 is 1.37 bits per heavy atom. The van der Waals surface area contributed by atoms with E-state index in [0.717, 1.165) is 21.9 Å². The van der Waals surface area contributed by atoms with Crippen molar-refractivity contribution in [1.82, 2.24) is 15.1 Å². The second-order valence-corrected chi connectivity index (χ2v) is 7.34. The van der Waals surface area contributed by atoms with Crippen molar-refractivity contribution in [3.8, 4) is 5.88 Å². The van der Waals surface area contributed by atoms with E-state index in [0.29, 0.717) is 25.1 Å². The number of benzene rings is 1. The standard InChI is InChI=1S/C21H21ClF3N3O2/c1-14-6-2-3-7-15(14)10-11-26-19(29)13-30-20-12-18(21(23,24)25)27-28(20)17-9-5-4-8-16(17)22/h2-7,9,12,16H,8,10-11,13H2,1H3,(H,26,29). The summed E-state index contributed by atoms with van der Waals surface area (Å²) in [6.45, 7) is 1.94. The Labute approximate surface area is 177 Å². The quantitative estimate of drug-likeness (QED) is 0.652. The summed E-state index contributed by atoms with van der Waals surface area (Å²) in [5.41, 5.74) is 1.47. The second kappa shape index (κ2) is 9.38. The maximum atomic E-state index is 13.1. The van der Waals surface area contributed by atoms with Crippen LogP contribution in [0.3, 0.4) is 0 Å². The predicted octanol–water partition coefficient (Wildman–Crippen LogP) is 4.36. The molecule has 0 fully saturated rings. The molecule has 0 saturated carbocycles. The smallest absolute Gasteiger partial charge is 0.435 e. The number of nitrogens with zero attached hydrogens (tertiary/aromatic N) is 2. The van der Waals surface area contributed by atoms with Gasteiger partial charge >= 0.3 is 6.18 Å². The topological polar surface area (TPSA) is 56.1 Å². The largest absolute Gasteiger partial charge is 0.467 e. The van der Waals surface area contributed by atoms with Crippen molar-refractivity contribution in [3.05, 3.63) is 65.4 Å². The number of amides is 1. The van der Waals surface area contributed by atoms with Gasteiger partial charge in [-0.15, -0.1) is 11.6 Å². The van der Waals surface area contributed by atoms with E-state index in [1.54, 1.807) is 18.2 Å². The van der Waals surface area contributed by atoms with Crippen LogP contribution in [0.2, 0.25) is 0 Å². The molecule has 9 heteroatoms. The van der Waals surface area contributed by atoms with Gasteiger partial charge in [0, 0.05) is 12.6 Å². The molecule has 1 heterocycles. The van der Waals surface area contributed by atoms with E-state index < -0.39 is 29.8 Å². The van der Waals surface area contributed by atoms with Gasteiger partial charge in [-0.2, -0.15) is 18.3 Å².